The molecule has 0 saturated carbocycles. The highest BCUT2D eigenvalue weighted by Gasteiger charge is 2.36. The Bertz CT molecular complexity index is 1880. The van der Waals surface area contributed by atoms with Crippen LogP contribution in [-0.2, 0) is 18.4 Å². The van der Waals surface area contributed by atoms with E-state index < -0.39 is 17.0 Å². The van der Waals surface area contributed by atoms with Gasteiger partial charge in [-0.2, -0.15) is 15.5 Å². The molecule has 16 nitrogen and oxygen atoms in total. The first-order valence-corrected chi connectivity index (χ1v) is 27.6. The molecule has 2 aromatic carbocycles. The monoisotopic (exact) mass is 1030 g/mol. The molecule has 0 aliphatic carbocycles. The molecule has 2 N–H and O–H groups in total. The molecule has 1 atom stereocenters. The number of nitrogens with zero attached hydrogens (tertiary/aromatic N) is 9. The number of aliphatic hydroxyl groups is 1. The van der Waals surface area contributed by atoms with Gasteiger partial charge in [0.1, 0.15) is 6.61 Å². The van der Waals surface area contributed by atoms with Crippen LogP contribution in [0.4, 0.5) is 17.1 Å². The van der Waals surface area contributed by atoms with Crippen LogP contribution in [0.3, 0.4) is 0 Å². The van der Waals surface area contributed by atoms with Crippen molar-refractivity contribution in [2.24, 2.45) is 15.6 Å². The number of nitrogens with one attached hydrogen (secondary N) is 1. The zero-order valence-electron chi connectivity index (χ0n) is 48.1. The van der Waals surface area contributed by atoms with Crippen molar-refractivity contribution in [2.45, 2.75) is 171 Å². The van der Waals surface area contributed by atoms with Crippen LogP contribution in [0.5, 0.6) is 0 Å². The van der Waals surface area contributed by atoms with Crippen molar-refractivity contribution in [2.75, 3.05) is 72.1 Å². The van der Waals surface area contributed by atoms with Crippen LogP contribution >= 0.6 is 17.0 Å². The zero-order chi connectivity index (χ0) is 55.1. The average Bonchev–Trinajstić information content (AvgIpc) is 3.33. The van der Waals surface area contributed by atoms with Crippen LogP contribution in [0.15, 0.2) is 58.8 Å². The minimum absolute atomic E-state index is 0.136. The van der Waals surface area contributed by atoms with Gasteiger partial charge in [0.05, 0.1) is 37.1 Å². The summed E-state index contributed by atoms with van der Waals surface area (Å²) in [6, 6.07) is 19.1. The second kappa shape index (κ2) is 35.5. The summed E-state index contributed by atoms with van der Waals surface area (Å²) in [6.45, 7) is 36.8. The summed E-state index contributed by atoms with van der Waals surface area (Å²) in [5.74, 6) is 0.00880. The summed E-state index contributed by atoms with van der Waals surface area (Å²) in [7, 11) is 3.07. The average molecular weight is 1030 g/mol. The molecule has 2 aromatic rings. The molecule has 1 heterocycles. The molecule has 0 spiro atoms. The summed E-state index contributed by atoms with van der Waals surface area (Å²) in [5, 5.41) is 23.8. The van der Waals surface area contributed by atoms with Gasteiger partial charge < -0.3 is 38.6 Å². The SMILES string of the molecule is CC(C)N(C(C)C)P(OCCC#N)N(C(C)C)C(C)C.[2H]CC1(COP(OCC[N+]#[C-])N(C(C)C)C(C)C)CCN(C(=O)CCCCCNC(=O)c2ccc(N=Nc3ccc(N(C)C)cc3)cc2)CC1.[3H]OC. The number of unbranched alkanes of at least 4 members (excludes halogenated alkanes) is 2. The highest BCUT2D eigenvalue weighted by Crippen LogP contribution is 2.51. The van der Waals surface area contributed by atoms with E-state index in [1.165, 1.54) is 7.11 Å². The van der Waals surface area contributed by atoms with Gasteiger partial charge in [0.25, 0.3) is 14.4 Å². The highest BCUT2D eigenvalue weighted by atomic mass is 31.2. The fourth-order valence-corrected chi connectivity index (χ4v) is 12.0. The van der Waals surface area contributed by atoms with Crippen LogP contribution in [0.2, 0.25) is 0 Å². The summed E-state index contributed by atoms with van der Waals surface area (Å²) in [6.07, 6.45) is 4.77. The Morgan fingerprint density at radius 1 is 0.831 bits per heavy atom. The van der Waals surface area contributed by atoms with E-state index in [-0.39, 0.29) is 36.2 Å². The summed E-state index contributed by atoms with van der Waals surface area (Å²) >= 11 is 0. The van der Waals surface area contributed by atoms with Crippen LogP contribution in [-0.4, -0.2) is 141 Å². The van der Waals surface area contributed by atoms with Crippen molar-refractivity contribution < 1.29 is 29.6 Å². The van der Waals surface area contributed by atoms with Gasteiger partial charge in [-0.25, -0.2) is 20.6 Å². The zero-order valence-corrected chi connectivity index (χ0v) is 47.8. The lowest BCUT2D eigenvalue weighted by atomic mass is 9.81. The van der Waals surface area contributed by atoms with E-state index in [0.29, 0.717) is 94.3 Å². The van der Waals surface area contributed by atoms with Gasteiger partial charge >= 0.3 is 0 Å². The van der Waals surface area contributed by atoms with E-state index >= 15 is 0 Å². The second-order valence-corrected chi connectivity index (χ2v) is 22.7. The van der Waals surface area contributed by atoms with Crippen LogP contribution in [0, 0.1) is 23.3 Å². The summed E-state index contributed by atoms with van der Waals surface area (Å²) < 4.78 is 39.7. The maximum absolute atomic E-state index is 13.0. The van der Waals surface area contributed by atoms with Crippen molar-refractivity contribution in [1.29, 1.82) is 6.69 Å². The third-order valence-corrected chi connectivity index (χ3v) is 16.5. The van der Waals surface area contributed by atoms with Gasteiger partial charge in [-0.15, -0.1) is 0 Å². The first kappa shape index (κ1) is 61.6. The smallest absolute Gasteiger partial charge is 0.259 e. The molecule has 1 saturated heterocycles. The Balaban J connectivity index is 0.000000966. The number of likely N-dealkylation sites (tertiary alicyclic amines) is 1. The van der Waals surface area contributed by atoms with Gasteiger partial charge in [-0.1, -0.05) is 13.3 Å². The molecule has 71 heavy (non-hydrogen) atoms. The Morgan fingerprint density at radius 2 is 1.34 bits per heavy atom. The predicted octanol–water partition coefficient (Wildman–Crippen LogP) is 12.4. The van der Waals surface area contributed by atoms with E-state index in [0.717, 1.165) is 43.5 Å². The molecule has 1 unspecified atom stereocenters. The Kier molecular flexibility index (Phi) is 30.8. The van der Waals surface area contributed by atoms with Crippen molar-refractivity contribution >= 4 is 45.9 Å². The quantitative estimate of drug-likeness (QED) is 0.0361. The van der Waals surface area contributed by atoms with E-state index in [4.69, 9.17) is 28.2 Å². The molecule has 0 aromatic heterocycles. The van der Waals surface area contributed by atoms with Crippen molar-refractivity contribution in [3.05, 3.63) is 65.5 Å². The van der Waals surface area contributed by atoms with Crippen LogP contribution in [0.1, 0.15) is 147 Å². The maximum Gasteiger partial charge on any atom is 0.259 e. The number of rotatable bonds is 28. The lowest BCUT2D eigenvalue weighted by molar-refractivity contribution is -0.133. The first-order valence-electron chi connectivity index (χ1n) is 26.4. The summed E-state index contributed by atoms with van der Waals surface area (Å²) in [4.78, 5) is 32.9. The number of hydrogen-bond acceptors (Lipinski definition) is 13. The third-order valence-electron chi connectivity index (χ3n) is 11.4. The first-order chi connectivity index (χ1) is 34.6. The fraction of sp³-hybridized carbons (Fsp3) is 0.698. The van der Waals surface area contributed by atoms with Gasteiger partial charge in [0.2, 0.25) is 13.9 Å². The number of benzene rings is 2. The lowest BCUT2D eigenvalue weighted by Gasteiger charge is -2.45. The van der Waals surface area contributed by atoms with Crippen LogP contribution < -0.4 is 10.2 Å². The number of amides is 2. The molecule has 0 radical (unpaired) electrons. The maximum atomic E-state index is 13.0. The molecule has 1 aliphatic rings. The number of piperidine rings is 1. The Morgan fingerprint density at radius 3 is 1.79 bits per heavy atom. The van der Waals surface area contributed by atoms with Gasteiger partial charge in [0.15, 0.2) is 8.45 Å². The molecule has 18 heteroatoms. The molecule has 400 valence electrons. The topological polar surface area (TPSA) is 163 Å². The predicted molar refractivity (Wildman–Crippen MR) is 294 cm³/mol. The van der Waals surface area contributed by atoms with Crippen molar-refractivity contribution in [1.82, 2.24) is 24.2 Å². The number of carbonyl (C=O) groups excluding carboxylic acids is 2. The normalized spacial score (nSPS) is 14.5. The fourth-order valence-electron chi connectivity index (χ4n) is 7.94. The molecular weight excluding hydrogens is 935 g/mol. The largest absolute Gasteiger partial charge is 0.400 e. The minimum Gasteiger partial charge on any atom is -0.400 e. The number of nitriles is 1. The van der Waals surface area contributed by atoms with E-state index in [1.807, 2.05) is 48.2 Å². The Hall–Kier alpha value is -3.66. The van der Waals surface area contributed by atoms with Gasteiger partial charge in [-0.05, 0) is 163 Å². The third kappa shape index (κ3) is 24.3. The van der Waals surface area contributed by atoms with Gasteiger partial charge in [0, 0.05) is 96.1 Å². The molecule has 0 bridgehead atoms. The number of carbonyl (C=O) groups is 2. The number of azo groups is 1. The minimum atomic E-state index is -1.35. The Labute approximate surface area is 435 Å². The number of anilines is 1. The number of hydrogen-bond donors (Lipinski definition) is 2. The molecule has 2 amide bonds. The van der Waals surface area contributed by atoms with Gasteiger partial charge in [-0.3, -0.25) is 9.59 Å². The highest BCUT2D eigenvalue weighted by molar-refractivity contribution is 7.47. The van der Waals surface area contributed by atoms with Crippen molar-refractivity contribution in [3.63, 3.8) is 0 Å². The molecule has 1 fully saturated rings. The van der Waals surface area contributed by atoms with E-state index in [2.05, 4.69) is 129 Å². The summed E-state index contributed by atoms with van der Waals surface area (Å²) in [5.41, 5.74) is 2.77. The standard InChI is InChI=1S/C37H56N7O4P.C15H32N3OP.CH4O/c1-29(2)44(30(3)4)49(47-27-24-38-6)48-28-37(5)21-25-43(26-22-37)35(45)12-10-9-11-23-39-36(46)31-13-15-32(16-14-31)40-41-33-17-19-34(20-18-33)42(7)8;1-12(2)17(13(3)4)20(19-11-9-10-16)18(14(5)6)15(7)8;1-2/h13-20,29-30H,9-12,21-28H2,1-5,7-8H3,(H,39,46);12-15H,9,11H2,1-8H3;2H,1H3/i5D;;2T. The number of aliphatic hydroxyl groups excluding tert-OH is 1. The molecule has 3 rings (SSSR count). The second-order valence-electron chi connectivity index (χ2n) is 19.5. The lowest BCUT2D eigenvalue weighted by Crippen LogP contribution is -2.44. The van der Waals surface area contributed by atoms with E-state index in [1.54, 1.807) is 24.3 Å². The van der Waals surface area contributed by atoms with Crippen molar-refractivity contribution in [3.8, 4) is 6.07 Å². The molecule has 1 aliphatic heterocycles. The van der Waals surface area contributed by atoms with Crippen LogP contribution in [0.25, 0.3) is 4.85 Å². The molecular formula is C53H92N10O6P2. The van der Waals surface area contributed by atoms with E-state index in [9.17, 15) is 9.59 Å².